The molecule has 17 heavy (non-hydrogen) atoms. The van der Waals surface area contributed by atoms with E-state index in [1.54, 1.807) is 0 Å². The van der Waals surface area contributed by atoms with E-state index in [0.717, 1.165) is 24.0 Å². The number of fused-ring (bicyclic) bond motifs is 2. The summed E-state index contributed by atoms with van der Waals surface area (Å²) >= 11 is 1.42. The smallest absolute Gasteiger partial charge is 0.180 e. The van der Waals surface area contributed by atoms with Gasteiger partial charge in [0.1, 0.15) is 5.78 Å². The molecule has 92 valence electrons. The predicted octanol–water partition coefficient (Wildman–Crippen LogP) is 2.66. The number of aromatic nitrogens is 1. The maximum Gasteiger partial charge on any atom is 0.180 e. The van der Waals surface area contributed by atoms with E-state index in [1.165, 1.54) is 37.0 Å². The van der Waals surface area contributed by atoms with Gasteiger partial charge < -0.3 is 5.73 Å². The van der Waals surface area contributed by atoms with Gasteiger partial charge in [-0.25, -0.2) is 4.98 Å². The third-order valence-electron chi connectivity index (χ3n) is 4.32. The number of hydrogen-bond acceptors (Lipinski definition) is 4. The van der Waals surface area contributed by atoms with E-state index in [9.17, 15) is 4.79 Å². The first-order valence-electron chi connectivity index (χ1n) is 6.42. The quantitative estimate of drug-likeness (QED) is 0.893. The fraction of sp³-hybridized carbons (Fsp3) is 0.692. The third-order valence-corrected chi connectivity index (χ3v) is 5.04. The van der Waals surface area contributed by atoms with Crippen molar-refractivity contribution in [1.29, 1.82) is 0 Å². The van der Waals surface area contributed by atoms with Gasteiger partial charge in [0, 0.05) is 18.2 Å². The van der Waals surface area contributed by atoms with Crippen molar-refractivity contribution in [2.45, 2.75) is 38.5 Å². The zero-order valence-corrected chi connectivity index (χ0v) is 10.7. The molecule has 0 saturated heterocycles. The topological polar surface area (TPSA) is 56.0 Å². The molecule has 0 radical (unpaired) electrons. The minimum atomic E-state index is 0.341. The molecule has 3 unspecified atom stereocenters. The van der Waals surface area contributed by atoms with Crippen LogP contribution in [0.1, 0.15) is 37.8 Å². The summed E-state index contributed by atoms with van der Waals surface area (Å²) in [5.41, 5.74) is 6.41. The van der Waals surface area contributed by atoms with E-state index >= 15 is 0 Å². The first kappa shape index (κ1) is 11.2. The third kappa shape index (κ3) is 2.37. The lowest BCUT2D eigenvalue weighted by Gasteiger charge is -2.20. The molecule has 2 N–H and O–H groups in total. The van der Waals surface area contributed by atoms with E-state index in [-0.39, 0.29) is 0 Å². The van der Waals surface area contributed by atoms with Gasteiger partial charge in [-0.15, -0.1) is 11.3 Å². The fourth-order valence-electron chi connectivity index (χ4n) is 3.60. The molecule has 0 aliphatic heterocycles. The van der Waals surface area contributed by atoms with Crippen molar-refractivity contribution in [3.8, 4) is 0 Å². The summed E-state index contributed by atoms with van der Waals surface area (Å²) in [4.78, 5) is 16.1. The largest absolute Gasteiger partial charge is 0.375 e. The van der Waals surface area contributed by atoms with E-state index in [4.69, 9.17) is 5.73 Å². The number of ketones is 1. The molecule has 3 atom stereocenters. The molecule has 0 spiro atoms. The van der Waals surface area contributed by atoms with Crippen molar-refractivity contribution in [3.05, 3.63) is 11.1 Å². The van der Waals surface area contributed by atoms with Gasteiger partial charge in [0.15, 0.2) is 5.13 Å². The summed E-state index contributed by atoms with van der Waals surface area (Å²) in [5, 5.41) is 2.46. The van der Waals surface area contributed by atoms with Crippen molar-refractivity contribution in [2.75, 3.05) is 5.73 Å². The first-order chi connectivity index (χ1) is 8.20. The molecule has 3 nitrogen and oxygen atoms in total. The van der Waals surface area contributed by atoms with E-state index in [0.29, 0.717) is 23.3 Å². The Bertz CT molecular complexity index is 429. The predicted molar refractivity (Wildman–Crippen MR) is 68.8 cm³/mol. The SMILES string of the molecule is Nc1nc(CC(=O)CC2CC3CCC2C3)cs1. The van der Waals surface area contributed by atoms with Crippen molar-refractivity contribution < 1.29 is 4.79 Å². The maximum atomic E-state index is 12.0. The number of Topliss-reactive ketones (excluding diaryl/α,β-unsaturated/α-hetero) is 1. The fourth-order valence-corrected chi connectivity index (χ4v) is 4.16. The Balaban J connectivity index is 1.54. The highest BCUT2D eigenvalue weighted by Crippen LogP contribution is 2.49. The molecule has 2 fully saturated rings. The number of hydrogen-bond donors (Lipinski definition) is 1. The van der Waals surface area contributed by atoms with Crippen molar-refractivity contribution in [3.63, 3.8) is 0 Å². The lowest BCUT2D eigenvalue weighted by Crippen LogP contribution is -2.16. The Kier molecular flexibility index (Phi) is 2.90. The average molecular weight is 250 g/mol. The average Bonchev–Trinajstić information content (AvgIpc) is 2.95. The van der Waals surface area contributed by atoms with Crippen LogP contribution < -0.4 is 5.73 Å². The Morgan fingerprint density at radius 3 is 2.94 bits per heavy atom. The number of rotatable bonds is 4. The Morgan fingerprint density at radius 2 is 2.35 bits per heavy atom. The summed E-state index contributed by atoms with van der Waals surface area (Å²) in [5.74, 6) is 2.77. The van der Waals surface area contributed by atoms with Crippen LogP contribution in [0.15, 0.2) is 5.38 Å². The van der Waals surface area contributed by atoms with Gasteiger partial charge in [-0.3, -0.25) is 4.79 Å². The van der Waals surface area contributed by atoms with Crippen LogP contribution in [0.4, 0.5) is 5.13 Å². The summed E-state index contributed by atoms with van der Waals surface area (Å²) in [6, 6.07) is 0. The second kappa shape index (κ2) is 4.41. The monoisotopic (exact) mass is 250 g/mol. The van der Waals surface area contributed by atoms with Gasteiger partial charge in [0.2, 0.25) is 0 Å². The number of thiazole rings is 1. The van der Waals surface area contributed by atoms with Gasteiger partial charge in [-0.1, -0.05) is 6.42 Å². The molecular formula is C13H18N2OS. The standard InChI is InChI=1S/C13H18N2OS/c14-13-15-11(7-17-13)6-12(16)5-10-4-8-1-2-9(10)3-8/h7-10H,1-6H2,(H2,14,15). The van der Waals surface area contributed by atoms with E-state index in [2.05, 4.69) is 4.98 Å². The van der Waals surface area contributed by atoms with Gasteiger partial charge in [-0.05, 0) is 37.0 Å². The van der Waals surface area contributed by atoms with Crippen molar-refractivity contribution in [1.82, 2.24) is 4.98 Å². The lowest BCUT2D eigenvalue weighted by molar-refractivity contribution is -0.119. The maximum absolute atomic E-state index is 12.0. The highest BCUT2D eigenvalue weighted by Gasteiger charge is 2.39. The van der Waals surface area contributed by atoms with E-state index in [1.807, 2.05) is 5.38 Å². The minimum absolute atomic E-state index is 0.341. The zero-order valence-electron chi connectivity index (χ0n) is 9.89. The van der Waals surface area contributed by atoms with Gasteiger partial charge >= 0.3 is 0 Å². The second-order valence-electron chi connectivity index (χ2n) is 5.53. The molecule has 0 amide bonds. The van der Waals surface area contributed by atoms with Crippen LogP contribution in [0.5, 0.6) is 0 Å². The number of nitrogens with two attached hydrogens (primary N) is 1. The molecule has 2 saturated carbocycles. The summed E-state index contributed by atoms with van der Waals surface area (Å²) in [7, 11) is 0. The summed E-state index contributed by atoms with van der Waals surface area (Å²) in [6.07, 6.45) is 6.65. The number of nitrogens with zero attached hydrogens (tertiary/aromatic N) is 1. The Morgan fingerprint density at radius 1 is 1.47 bits per heavy atom. The summed E-state index contributed by atoms with van der Waals surface area (Å²) in [6.45, 7) is 0. The van der Waals surface area contributed by atoms with Crippen LogP contribution in [0, 0.1) is 17.8 Å². The number of nitrogen functional groups attached to an aromatic ring is 1. The molecule has 3 rings (SSSR count). The molecule has 2 aliphatic rings. The molecule has 1 aromatic rings. The molecule has 4 heteroatoms. The van der Waals surface area contributed by atoms with Crippen LogP contribution in [0.3, 0.4) is 0 Å². The van der Waals surface area contributed by atoms with Crippen LogP contribution in [-0.4, -0.2) is 10.8 Å². The zero-order chi connectivity index (χ0) is 11.8. The Labute approximate surface area is 105 Å². The minimum Gasteiger partial charge on any atom is -0.375 e. The normalized spacial score (nSPS) is 30.9. The number of carbonyl (C=O) groups is 1. The second-order valence-corrected chi connectivity index (χ2v) is 6.42. The van der Waals surface area contributed by atoms with Crippen LogP contribution in [-0.2, 0) is 11.2 Å². The molecule has 0 aromatic carbocycles. The molecule has 1 heterocycles. The number of anilines is 1. The Hall–Kier alpha value is -0.900. The molecule has 1 aromatic heterocycles. The van der Waals surface area contributed by atoms with Gasteiger partial charge in [0.05, 0.1) is 5.69 Å². The van der Waals surface area contributed by atoms with Crippen LogP contribution >= 0.6 is 11.3 Å². The van der Waals surface area contributed by atoms with Crippen molar-refractivity contribution in [2.24, 2.45) is 17.8 Å². The lowest BCUT2D eigenvalue weighted by atomic mass is 9.85. The highest BCUT2D eigenvalue weighted by atomic mass is 32.1. The van der Waals surface area contributed by atoms with Crippen LogP contribution in [0.25, 0.3) is 0 Å². The number of carbonyl (C=O) groups excluding carboxylic acids is 1. The molecule has 2 aliphatic carbocycles. The van der Waals surface area contributed by atoms with Crippen molar-refractivity contribution >= 4 is 22.3 Å². The first-order valence-corrected chi connectivity index (χ1v) is 7.30. The van der Waals surface area contributed by atoms with E-state index < -0.39 is 0 Å². The summed E-state index contributed by atoms with van der Waals surface area (Å²) < 4.78 is 0. The van der Waals surface area contributed by atoms with Crippen LogP contribution in [0.2, 0.25) is 0 Å². The molecular weight excluding hydrogens is 232 g/mol. The van der Waals surface area contributed by atoms with Gasteiger partial charge in [0.25, 0.3) is 0 Å². The van der Waals surface area contributed by atoms with Gasteiger partial charge in [-0.2, -0.15) is 0 Å². The molecule has 2 bridgehead atoms. The highest BCUT2D eigenvalue weighted by molar-refractivity contribution is 7.13.